The average Bonchev–Trinajstić information content (AvgIpc) is 2.60. The summed E-state index contributed by atoms with van der Waals surface area (Å²) in [6, 6.07) is 5.93. The molecule has 0 aromatic heterocycles. The van der Waals surface area contributed by atoms with Crippen molar-refractivity contribution in [2.75, 3.05) is 45.8 Å². The van der Waals surface area contributed by atoms with Crippen LogP contribution in [0.3, 0.4) is 0 Å². The lowest BCUT2D eigenvalue weighted by molar-refractivity contribution is -0.274. The molecule has 0 unspecified atom stereocenters. The number of nitrogens with zero attached hydrogens (tertiary/aromatic N) is 3. The maximum atomic E-state index is 12.3. The van der Waals surface area contributed by atoms with Gasteiger partial charge in [0.25, 0.3) is 0 Å². The van der Waals surface area contributed by atoms with Crippen LogP contribution in [-0.4, -0.2) is 72.8 Å². The van der Waals surface area contributed by atoms with Crippen LogP contribution in [0.5, 0.6) is 5.75 Å². The summed E-state index contributed by atoms with van der Waals surface area (Å²) >= 11 is 0. The third-order valence-electron chi connectivity index (χ3n) is 4.54. The molecule has 1 aliphatic heterocycles. The number of ether oxygens (including phenoxy) is 1. The number of hydrogen-bond acceptors (Lipinski definition) is 4. The van der Waals surface area contributed by atoms with Gasteiger partial charge in [-0.1, -0.05) is 26.0 Å². The van der Waals surface area contributed by atoms with Crippen LogP contribution >= 0.6 is 0 Å². The number of amides is 1. The predicted molar refractivity (Wildman–Crippen MR) is 92.8 cm³/mol. The van der Waals surface area contributed by atoms with Gasteiger partial charge in [0.1, 0.15) is 5.75 Å². The molecule has 1 amide bonds. The van der Waals surface area contributed by atoms with Crippen molar-refractivity contribution in [3.05, 3.63) is 29.8 Å². The second-order valence-corrected chi connectivity index (χ2v) is 6.31. The molecule has 0 radical (unpaired) electrons. The van der Waals surface area contributed by atoms with Crippen LogP contribution in [0.4, 0.5) is 13.2 Å². The Kier molecular flexibility index (Phi) is 7.28. The lowest BCUT2D eigenvalue weighted by Crippen LogP contribution is -2.50. The second kappa shape index (κ2) is 9.23. The summed E-state index contributed by atoms with van der Waals surface area (Å²) in [6.45, 7) is 9.75. The highest BCUT2D eigenvalue weighted by Crippen LogP contribution is 2.23. The maximum absolute atomic E-state index is 12.3. The molecule has 8 heteroatoms. The van der Waals surface area contributed by atoms with Crippen LogP contribution in [-0.2, 0) is 11.3 Å². The van der Waals surface area contributed by atoms with Crippen LogP contribution in [0.1, 0.15) is 19.4 Å². The number of piperazine rings is 1. The Morgan fingerprint density at radius 2 is 1.65 bits per heavy atom. The van der Waals surface area contributed by atoms with Crippen molar-refractivity contribution in [2.24, 2.45) is 0 Å². The third kappa shape index (κ3) is 6.49. The molecule has 0 bridgehead atoms. The maximum Gasteiger partial charge on any atom is 0.573 e. The van der Waals surface area contributed by atoms with Gasteiger partial charge in [-0.3, -0.25) is 14.6 Å². The van der Waals surface area contributed by atoms with Gasteiger partial charge in [-0.15, -0.1) is 13.2 Å². The molecule has 1 heterocycles. The Morgan fingerprint density at radius 3 is 2.15 bits per heavy atom. The average molecular weight is 373 g/mol. The number of carbonyl (C=O) groups is 1. The van der Waals surface area contributed by atoms with Crippen molar-refractivity contribution in [2.45, 2.75) is 26.8 Å². The van der Waals surface area contributed by atoms with E-state index in [-0.39, 0.29) is 11.7 Å². The normalized spacial score (nSPS) is 16.2. The van der Waals surface area contributed by atoms with E-state index < -0.39 is 6.36 Å². The largest absolute Gasteiger partial charge is 0.573 e. The number of benzene rings is 1. The van der Waals surface area contributed by atoms with Gasteiger partial charge < -0.3 is 9.64 Å². The molecule has 0 N–H and O–H groups in total. The monoisotopic (exact) mass is 373 g/mol. The lowest BCUT2D eigenvalue weighted by atomic mass is 10.2. The Morgan fingerprint density at radius 1 is 1.08 bits per heavy atom. The molecule has 0 aliphatic carbocycles. The summed E-state index contributed by atoms with van der Waals surface area (Å²) < 4.78 is 40.4. The highest BCUT2D eigenvalue weighted by molar-refractivity contribution is 5.78. The van der Waals surface area contributed by atoms with E-state index >= 15 is 0 Å². The Labute approximate surface area is 152 Å². The van der Waals surface area contributed by atoms with Gasteiger partial charge in [-0.2, -0.15) is 0 Å². The Hall–Kier alpha value is -1.80. The van der Waals surface area contributed by atoms with Crippen LogP contribution in [0.15, 0.2) is 24.3 Å². The number of hydrogen-bond donors (Lipinski definition) is 0. The number of rotatable bonds is 7. The van der Waals surface area contributed by atoms with Gasteiger partial charge in [-0.05, 0) is 30.8 Å². The molecular formula is C18H26F3N3O2. The highest BCUT2D eigenvalue weighted by Gasteiger charge is 2.31. The van der Waals surface area contributed by atoms with Gasteiger partial charge in [0.05, 0.1) is 6.54 Å². The standard InChI is InChI=1S/C18H26F3N3O2/c1-3-22(4-2)14-17(25)24-11-9-23(10-12-24)13-15-5-7-16(8-6-15)26-18(19,20)21/h5-8H,3-4,9-14H2,1-2H3. The zero-order valence-corrected chi connectivity index (χ0v) is 15.3. The van der Waals surface area contributed by atoms with Gasteiger partial charge in [0.2, 0.25) is 5.91 Å². The zero-order valence-electron chi connectivity index (χ0n) is 15.3. The van der Waals surface area contributed by atoms with Crippen LogP contribution in [0.25, 0.3) is 0 Å². The number of carbonyl (C=O) groups excluding carboxylic acids is 1. The van der Waals surface area contributed by atoms with Gasteiger partial charge >= 0.3 is 6.36 Å². The molecule has 0 atom stereocenters. The smallest absolute Gasteiger partial charge is 0.406 e. The first-order valence-electron chi connectivity index (χ1n) is 8.88. The fraction of sp³-hybridized carbons (Fsp3) is 0.611. The molecule has 1 aromatic rings. The number of alkyl halides is 3. The van der Waals surface area contributed by atoms with Crippen molar-refractivity contribution in [1.29, 1.82) is 0 Å². The second-order valence-electron chi connectivity index (χ2n) is 6.31. The fourth-order valence-corrected chi connectivity index (χ4v) is 2.95. The Balaban J connectivity index is 1.79. The van der Waals surface area contributed by atoms with Gasteiger partial charge in [0, 0.05) is 32.7 Å². The molecule has 1 aromatic carbocycles. The van der Waals surface area contributed by atoms with Crippen molar-refractivity contribution >= 4 is 5.91 Å². The first-order chi connectivity index (χ1) is 12.3. The summed E-state index contributed by atoms with van der Waals surface area (Å²) in [6.07, 6.45) is -4.67. The highest BCUT2D eigenvalue weighted by atomic mass is 19.4. The fourth-order valence-electron chi connectivity index (χ4n) is 2.95. The molecule has 1 fully saturated rings. The van der Waals surface area contributed by atoms with Gasteiger partial charge in [-0.25, -0.2) is 0 Å². The van der Waals surface area contributed by atoms with Crippen LogP contribution in [0, 0.1) is 0 Å². The number of likely N-dealkylation sites (N-methyl/N-ethyl adjacent to an activating group) is 1. The van der Waals surface area contributed by atoms with E-state index in [1.165, 1.54) is 12.1 Å². The summed E-state index contributed by atoms with van der Waals surface area (Å²) in [7, 11) is 0. The van der Waals surface area contributed by atoms with Crippen molar-refractivity contribution in [3.8, 4) is 5.75 Å². The third-order valence-corrected chi connectivity index (χ3v) is 4.54. The summed E-state index contributed by atoms with van der Waals surface area (Å²) in [5, 5.41) is 0. The molecule has 146 valence electrons. The Bertz CT molecular complexity index is 566. The molecule has 0 saturated carbocycles. The number of halogens is 3. The van der Waals surface area contributed by atoms with E-state index in [1.54, 1.807) is 12.1 Å². The van der Waals surface area contributed by atoms with E-state index in [2.05, 4.69) is 14.5 Å². The SMILES string of the molecule is CCN(CC)CC(=O)N1CCN(Cc2ccc(OC(F)(F)F)cc2)CC1. The summed E-state index contributed by atoms with van der Waals surface area (Å²) in [5.74, 6) is -0.0601. The predicted octanol–water partition coefficient (Wildman–Crippen LogP) is 2.57. The molecule has 26 heavy (non-hydrogen) atoms. The van der Waals surface area contributed by atoms with Crippen molar-refractivity contribution in [1.82, 2.24) is 14.7 Å². The molecular weight excluding hydrogens is 347 g/mol. The summed E-state index contributed by atoms with van der Waals surface area (Å²) in [4.78, 5) is 18.5. The van der Waals surface area contributed by atoms with Crippen LogP contribution in [0.2, 0.25) is 0 Å². The van der Waals surface area contributed by atoms with Crippen LogP contribution < -0.4 is 4.74 Å². The molecule has 0 spiro atoms. The van der Waals surface area contributed by atoms with Crippen molar-refractivity contribution < 1.29 is 22.7 Å². The molecule has 1 aliphatic rings. The lowest BCUT2D eigenvalue weighted by Gasteiger charge is -2.35. The van der Waals surface area contributed by atoms with E-state index in [0.29, 0.717) is 26.2 Å². The van der Waals surface area contributed by atoms with E-state index in [0.717, 1.165) is 31.7 Å². The van der Waals surface area contributed by atoms with E-state index in [9.17, 15) is 18.0 Å². The van der Waals surface area contributed by atoms with E-state index in [1.807, 2.05) is 18.7 Å². The van der Waals surface area contributed by atoms with Crippen molar-refractivity contribution in [3.63, 3.8) is 0 Å². The van der Waals surface area contributed by atoms with E-state index in [4.69, 9.17) is 0 Å². The molecule has 5 nitrogen and oxygen atoms in total. The quantitative estimate of drug-likeness (QED) is 0.736. The first kappa shape index (κ1) is 20.5. The zero-order chi connectivity index (χ0) is 19.2. The van der Waals surface area contributed by atoms with Gasteiger partial charge in [0.15, 0.2) is 0 Å². The summed E-state index contributed by atoms with van der Waals surface area (Å²) in [5.41, 5.74) is 0.919. The first-order valence-corrected chi connectivity index (χ1v) is 8.88. The minimum Gasteiger partial charge on any atom is -0.406 e. The topological polar surface area (TPSA) is 36.0 Å². The molecule has 2 rings (SSSR count). The molecule has 1 saturated heterocycles. The minimum atomic E-state index is -4.67. The minimum absolute atomic E-state index is 0.155.